The summed E-state index contributed by atoms with van der Waals surface area (Å²) >= 11 is 0. The van der Waals surface area contributed by atoms with Gasteiger partial charge in [-0.05, 0) is 48.4 Å². The number of hydrogen-bond donors (Lipinski definition) is 2. The van der Waals surface area contributed by atoms with Crippen LogP contribution in [0.4, 0.5) is 10.1 Å². The van der Waals surface area contributed by atoms with E-state index in [9.17, 15) is 9.18 Å². The molecule has 0 aliphatic carbocycles. The summed E-state index contributed by atoms with van der Waals surface area (Å²) in [6.07, 6.45) is 0.184. The van der Waals surface area contributed by atoms with E-state index in [1.165, 1.54) is 12.1 Å². The van der Waals surface area contributed by atoms with Crippen LogP contribution in [0.1, 0.15) is 16.8 Å². The van der Waals surface area contributed by atoms with Crippen LogP contribution >= 0.6 is 0 Å². The van der Waals surface area contributed by atoms with Crippen LogP contribution in [-0.2, 0) is 22.6 Å². The third-order valence-electron chi connectivity index (χ3n) is 3.94. The lowest BCUT2D eigenvalue weighted by Crippen LogP contribution is -2.15. The van der Waals surface area contributed by atoms with Crippen molar-refractivity contribution in [1.82, 2.24) is 4.98 Å². The number of amides is 1. The topological polar surface area (TPSA) is 54.1 Å². The van der Waals surface area contributed by atoms with Crippen LogP contribution < -0.4 is 5.32 Å². The van der Waals surface area contributed by atoms with Gasteiger partial charge in [-0.1, -0.05) is 12.1 Å². The van der Waals surface area contributed by atoms with Crippen molar-refractivity contribution in [3.63, 3.8) is 0 Å². The second kappa shape index (κ2) is 6.84. The van der Waals surface area contributed by atoms with Gasteiger partial charge in [-0.3, -0.25) is 4.79 Å². The summed E-state index contributed by atoms with van der Waals surface area (Å²) in [5, 5.41) is 3.63. The van der Waals surface area contributed by atoms with E-state index in [4.69, 9.17) is 4.74 Å². The Hall–Kier alpha value is -2.66. The maximum atomic E-state index is 13.5. The highest BCUT2D eigenvalue weighted by Crippen LogP contribution is 2.24. The molecule has 2 N–H and O–H groups in total. The van der Waals surface area contributed by atoms with Crippen LogP contribution in [-0.4, -0.2) is 18.0 Å². The Bertz CT molecular complexity index is 886. The Morgan fingerprint density at radius 2 is 2.08 bits per heavy atom. The lowest BCUT2D eigenvalue weighted by molar-refractivity contribution is -0.115. The molecule has 124 valence electrons. The lowest BCUT2D eigenvalue weighted by atomic mass is 10.1. The predicted molar refractivity (Wildman–Crippen MR) is 92.5 cm³/mol. The number of aromatic amines is 1. The first-order chi connectivity index (χ1) is 11.6. The van der Waals surface area contributed by atoms with Gasteiger partial charge >= 0.3 is 0 Å². The molecule has 3 aromatic rings. The van der Waals surface area contributed by atoms with E-state index in [0.29, 0.717) is 6.61 Å². The smallest absolute Gasteiger partial charge is 0.228 e. The summed E-state index contributed by atoms with van der Waals surface area (Å²) in [6.45, 7) is 2.38. The van der Waals surface area contributed by atoms with Gasteiger partial charge in [0.25, 0.3) is 0 Å². The van der Waals surface area contributed by atoms with Gasteiger partial charge < -0.3 is 15.0 Å². The standard InChI is InChI=1S/C19H19FN2O2/c1-12-16(17-9-14(20)6-7-18(17)21-12)10-19(23)22-15-5-3-4-13(8-15)11-24-2/h3-9,21H,10-11H2,1-2H3,(H,22,23). The maximum absolute atomic E-state index is 13.5. The average Bonchev–Trinajstić information content (AvgIpc) is 2.84. The highest BCUT2D eigenvalue weighted by molar-refractivity contribution is 5.96. The molecule has 0 atom stereocenters. The minimum Gasteiger partial charge on any atom is -0.380 e. The van der Waals surface area contributed by atoms with Crippen molar-refractivity contribution in [2.75, 3.05) is 12.4 Å². The van der Waals surface area contributed by atoms with Gasteiger partial charge in [0.15, 0.2) is 0 Å². The molecular weight excluding hydrogens is 307 g/mol. The van der Waals surface area contributed by atoms with Crippen molar-refractivity contribution in [3.05, 3.63) is 65.1 Å². The Labute approximate surface area is 139 Å². The van der Waals surface area contributed by atoms with Crippen molar-refractivity contribution in [2.45, 2.75) is 20.0 Å². The van der Waals surface area contributed by atoms with Crippen LogP contribution in [0.5, 0.6) is 0 Å². The summed E-state index contributed by atoms with van der Waals surface area (Å²) < 4.78 is 18.6. The summed E-state index contributed by atoms with van der Waals surface area (Å²) in [5.74, 6) is -0.451. The van der Waals surface area contributed by atoms with Crippen molar-refractivity contribution in [2.24, 2.45) is 0 Å². The zero-order valence-corrected chi connectivity index (χ0v) is 13.7. The van der Waals surface area contributed by atoms with Gasteiger partial charge in [-0.2, -0.15) is 0 Å². The number of ether oxygens (including phenoxy) is 1. The number of benzene rings is 2. The van der Waals surface area contributed by atoms with Gasteiger partial charge in [0.2, 0.25) is 5.91 Å². The van der Waals surface area contributed by atoms with Gasteiger partial charge in [0.05, 0.1) is 13.0 Å². The average molecular weight is 326 g/mol. The summed E-state index contributed by atoms with van der Waals surface area (Å²) in [5.41, 5.74) is 4.23. The molecule has 2 aromatic carbocycles. The molecule has 1 amide bonds. The first-order valence-electron chi connectivity index (χ1n) is 7.71. The van der Waals surface area contributed by atoms with Gasteiger partial charge in [-0.15, -0.1) is 0 Å². The summed E-state index contributed by atoms with van der Waals surface area (Å²) in [7, 11) is 1.63. The van der Waals surface area contributed by atoms with E-state index in [1.54, 1.807) is 13.2 Å². The molecule has 0 radical (unpaired) electrons. The molecule has 0 bridgehead atoms. The molecule has 0 unspecified atom stereocenters. The minimum atomic E-state index is -0.310. The van der Waals surface area contributed by atoms with Crippen LogP contribution in [0.25, 0.3) is 10.9 Å². The number of halogens is 1. The fraction of sp³-hybridized carbons (Fsp3) is 0.211. The normalized spacial score (nSPS) is 11.0. The second-order valence-electron chi connectivity index (χ2n) is 5.78. The van der Waals surface area contributed by atoms with Crippen molar-refractivity contribution >= 4 is 22.5 Å². The molecule has 1 heterocycles. The molecule has 0 aliphatic rings. The number of carbonyl (C=O) groups excluding carboxylic acids is 1. The fourth-order valence-corrected chi connectivity index (χ4v) is 2.85. The van der Waals surface area contributed by atoms with Crippen LogP contribution in [0.15, 0.2) is 42.5 Å². The van der Waals surface area contributed by atoms with E-state index in [1.807, 2.05) is 31.2 Å². The first kappa shape index (κ1) is 16.2. The van der Waals surface area contributed by atoms with Gasteiger partial charge in [-0.25, -0.2) is 4.39 Å². The monoisotopic (exact) mass is 326 g/mol. The molecule has 0 saturated carbocycles. The highest BCUT2D eigenvalue weighted by atomic mass is 19.1. The Morgan fingerprint density at radius 1 is 1.25 bits per heavy atom. The van der Waals surface area contributed by atoms with E-state index in [0.717, 1.165) is 33.4 Å². The molecular formula is C19H19FN2O2. The maximum Gasteiger partial charge on any atom is 0.228 e. The minimum absolute atomic E-state index is 0.141. The number of hydrogen-bond acceptors (Lipinski definition) is 2. The Kier molecular flexibility index (Phi) is 4.62. The fourth-order valence-electron chi connectivity index (χ4n) is 2.85. The zero-order valence-electron chi connectivity index (χ0n) is 13.7. The molecule has 0 spiro atoms. The predicted octanol–water partition coefficient (Wildman–Crippen LogP) is 3.94. The number of fused-ring (bicyclic) bond motifs is 1. The number of rotatable bonds is 5. The molecule has 0 aliphatic heterocycles. The van der Waals surface area contributed by atoms with Gasteiger partial charge in [0.1, 0.15) is 5.82 Å². The van der Waals surface area contributed by atoms with E-state index in [-0.39, 0.29) is 18.1 Å². The van der Waals surface area contributed by atoms with E-state index >= 15 is 0 Å². The summed E-state index contributed by atoms with van der Waals surface area (Å²) in [6, 6.07) is 12.1. The number of anilines is 1. The lowest BCUT2D eigenvalue weighted by Gasteiger charge is -2.07. The molecule has 3 rings (SSSR count). The highest BCUT2D eigenvalue weighted by Gasteiger charge is 2.13. The number of aryl methyl sites for hydroxylation is 1. The Morgan fingerprint density at radius 3 is 2.88 bits per heavy atom. The quantitative estimate of drug-likeness (QED) is 0.746. The molecule has 5 heteroatoms. The van der Waals surface area contributed by atoms with E-state index in [2.05, 4.69) is 10.3 Å². The number of nitrogens with one attached hydrogen (secondary N) is 2. The molecule has 4 nitrogen and oxygen atoms in total. The van der Waals surface area contributed by atoms with Crippen LogP contribution in [0.2, 0.25) is 0 Å². The number of carbonyl (C=O) groups is 1. The zero-order chi connectivity index (χ0) is 17.1. The van der Waals surface area contributed by atoms with Crippen molar-refractivity contribution in [3.8, 4) is 0 Å². The summed E-state index contributed by atoms with van der Waals surface area (Å²) in [4.78, 5) is 15.6. The number of H-pyrrole nitrogens is 1. The largest absolute Gasteiger partial charge is 0.380 e. The van der Waals surface area contributed by atoms with Crippen LogP contribution in [0, 0.1) is 12.7 Å². The Balaban J connectivity index is 1.79. The second-order valence-corrected chi connectivity index (χ2v) is 5.78. The van der Waals surface area contributed by atoms with Crippen molar-refractivity contribution < 1.29 is 13.9 Å². The number of methoxy groups -OCH3 is 1. The molecule has 0 saturated heterocycles. The number of aromatic nitrogens is 1. The molecule has 1 aromatic heterocycles. The molecule has 24 heavy (non-hydrogen) atoms. The third-order valence-corrected chi connectivity index (χ3v) is 3.94. The molecule has 0 fully saturated rings. The van der Waals surface area contributed by atoms with Crippen LogP contribution in [0.3, 0.4) is 0 Å². The third kappa shape index (κ3) is 3.46. The first-order valence-corrected chi connectivity index (χ1v) is 7.71. The van der Waals surface area contributed by atoms with Gasteiger partial charge in [0, 0.05) is 29.4 Å². The van der Waals surface area contributed by atoms with Crippen molar-refractivity contribution in [1.29, 1.82) is 0 Å². The SMILES string of the molecule is COCc1cccc(NC(=O)Cc2c(C)[nH]c3ccc(F)cc23)c1. The van der Waals surface area contributed by atoms with E-state index < -0.39 is 0 Å².